The molecule has 0 spiro atoms. The van der Waals surface area contributed by atoms with Crippen molar-refractivity contribution in [3.63, 3.8) is 0 Å². The van der Waals surface area contributed by atoms with Crippen molar-refractivity contribution in [2.75, 3.05) is 0 Å². The van der Waals surface area contributed by atoms with Crippen molar-refractivity contribution in [3.8, 4) is 5.75 Å². The Balaban J connectivity index is 1.87. The maximum atomic E-state index is 6.33. The molecule has 0 saturated carbocycles. The summed E-state index contributed by atoms with van der Waals surface area (Å²) < 4.78 is 7.75. The van der Waals surface area contributed by atoms with Gasteiger partial charge in [-0.05, 0) is 18.6 Å². The molecule has 2 N–H and O–H groups in total. The average Bonchev–Trinajstić information content (AvgIpc) is 3.01. The first kappa shape index (κ1) is 12.5. The molecule has 2 unspecified atom stereocenters. The van der Waals surface area contributed by atoms with Crippen LogP contribution in [0, 0.1) is 0 Å². The van der Waals surface area contributed by atoms with Gasteiger partial charge >= 0.3 is 0 Å². The van der Waals surface area contributed by atoms with Crippen LogP contribution < -0.4 is 10.5 Å². The van der Waals surface area contributed by atoms with Gasteiger partial charge < -0.3 is 10.5 Å². The zero-order chi connectivity index (χ0) is 13.4. The Kier molecular flexibility index (Phi) is 3.21. The van der Waals surface area contributed by atoms with E-state index in [1.165, 1.54) is 5.56 Å². The van der Waals surface area contributed by atoms with Gasteiger partial charge in [-0.15, -0.1) is 0 Å². The van der Waals surface area contributed by atoms with Crippen molar-refractivity contribution in [1.82, 2.24) is 9.78 Å². The average molecular weight is 278 g/mol. The molecule has 2 aromatic rings. The van der Waals surface area contributed by atoms with E-state index in [2.05, 4.69) is 11.2 Å². The lowest BCUT2D eigenvalue weighted by molar-refractivity contribution is 0.195. The molecule has 1 aromatic heterocycles. The van der Waals surface area contributed by atoms with Crippen LogP contribution in [0.2, 0.25) is 5.02 Å². The van der Waals surface area contributed by atoms with Crippen LogP contribution in [0.3, 0.4) is 0 Å². The smallest absolute Gasteiger partial charge is 0.124 e. The number of hydrogen-bond acceptors (Lipinski definition) is 3. The lowest BCUT2D eigenvalue weighted by Gasteiger charge is -2.20. The number of nitrogens with two attached hydrogens (primary N) is 1. The third-order valence-corrected chi connectivity index (χ3v) is 3.81. The van der Waals surface area contributed by atoms with Gasteiger partial charge in [-0.2, -0.15) is 5.10 Å². The summed E-state index contributed by atoms with van der Waals surface area (Å²) in [6.45, 7) is 2.76. The van der Waals surface area contributed by atoms with Gasteiger partial charge in [0.05, 0.1) is 23.0 Å². The first-order valence-electron chi connectivity index (χ1n) is 6.42. The minimum Gasteiger partial charge on any atom is -0.488 e. The van der Waals surface area contributed by atoms with Crippen LogP contribution in [0.15, 0.2) is 30.5 Å². The van der Waals surface area contributed by atoms with Crippen molar-refractivity contribution in [1.29, 1.82) is 0 Å². The molecule has 4 nitrogen and oxygen atoms in total. The molecule has 1 aliphatic rings. The van der Waals surface area contributed by atoms with Gasteiger partial charge in [-0.25, -0.2) is 0 Å². The molecule has 0 bridgehead atoms. The Morgan fingerprint density at radius 2 is 2.32 bits per heavy atom. The summed E-state index contributed by atoms with van der Waals surface area (Å²) in [5.74, 6) is 0.918. The van der Waals surface area contributed by atoms with E-state index in [0.29, 0.717) is 5.02 Å². The van der Waals surface area contributed by atoms with Crippen LogP contribution in [-0.2, 0) is 13.0 Å². The molecule has 0 fully saturated rings. The third kappa shape index (κ3) is 2.11. The molecule has 19 heavy (non-hydrogen) atoms. The number of hydrogen-bond donors (Lipinski definition) is 1. The van der Waals surface area contributed by atoms with Crippen molar-refractivity contribution < 1.29 is 4.74 Å². The van der Waals surface area contributed by atoms with Crippen molar-refractivity contribution in [2.24, 2.45) is 5.73 Å². The maximum Gasteiger partial charge on any atom is 0.124 e. The minimum atomic E-state index is -0.276. The number of aromatic nitrogens is 2. The topological polar surface area (TPSA) is 53.1 Å². The predicted molar refractivity (Wildman–Crippen MR) is 74.4 cm³/mol. The second kappa shape index (κ2) is 4.87. The van der Waals surface area contributed by atoms with E-state index in [1.54, 1.807) is 6.20 Å². The molecule has 0 amide bonds. The van der Waals surface area contributed by atoms with Gasteiger partial charge in [0.25, 0.3) is 0 Å². The molecule has 0 aliphatic carbocycles. The fourth-order valence-electron chi connectivity index (χ4n) is 2.54. The van der Waals surface area contributed by atoms with Crippen LogP contribution >= 0.6 is 11.6 Å². The van der Waals surface area contributed by atoms with Crippen LogP contribution in [-0.4, -0.2) is 15.9 Å². The molecule has 0 saturated heterocycles. The van der Waals surface area contributed by atoms with Gasteiger partial charge in [-0.1, -0.05) is 29.8 Å². The molecule has 0 radical (unpaired) electrons. The largest absolute Gasteiger partial charge is 0.488 e. The summed E-state index contributed by atoms with van der Waals surface area (Å²) in [6, 6.07) is 7.75. The fourth-order valence-corrected chi connectivity index (χ4v) is 2.81. The van der Waals surface area contributed by atoms with Crippen LogP contribution in [0.25, 0.3) is 0 Å². The number of nitrogens with zero attached hydrogens (tertiary/aromatic N) is 2. The molecule has 100 valence electrons. The highest BCUT2D eigenvalue weighted by Crippen LogP contribution is 2.34. The first-order chi connectivity index (χ1) is 9.20. The highest BCUT2D eigenvalue weighted by molar-refractivity contribution is 6.31. The highest BCUT2D eigenvalue weighted by Gasteiger charge is 2.32. The van der Waals surface area contributed by atoms with E-state index in [1.807, 2.05) is 29.8 Å². The Hall–Kier alpha value is -1.52. The lowest BCUT2D eigenvalue weighted by atomic mass is 10.0. The van der Waals surface area contributed by atoms with Gasteiger partial charge in [0.1, 0.15) is 11.9 Å². The fraction of sp³-hybridized carbons (Fsp3) is 0.357. The second-order valence-electron chi connectivity index (χ2n) is 4.69. The van der Waals surface area contributed by atoms with E-state index in [0.717, 1.165) is 24.4 Å². The van der Waals surface area contributed by atoms with Crippen LogP contribution in [0.1, 0.15) is 24.2 Å². The van der Waals surface area contributed by atoms with Crippen molar-refractivity contribution in [3.05, 3.63) is 46.7 Å². The number of halogens is 1. The van der Waals surface area contributed by atoms with E-state index < -0.39 is 0 Å². The maximum absolute atomic E-state index is 6.33. The van der Waals surface area contributed by atoms with Gasteiger partial charge in [0, 0.05) is 13.0 Å². The summed E-state index contributed by atoms with van der Waals surface area (Å²) in [6.07, 6.45) is 2.36. The summed E-state index contributed by atoms with van der Waals surface area (Å²) in [5, 5.41) is 4.83. The SMILES string of the molecule is CCn1ncc(Cl)c1C(N)C1Cc2ccccc2O1. The number of benzene rings is 1. The third-order valence-electron chi connectivity index (χ3n) is 3.52. The quantitative estimate of drug-likeness (QED) is 0.938. The second-order valence-corrected chi connectivity index (χ2v) is 5.09. The first-order valence-corrected chi connectivity index (χ1v) is 6.80. The van der Waals surface area contributed by atoms with Crippen molar-refractivity contribution >= 4 is 11.6 Å². The Morgan fingerprint density at radius 3 is 3.05 bits per heavy atom. The normalized spacial score (nSPS) is 19.0. The molecule has 5 heteroatoms. The number of ether oxygens (including phenoxy) is 1. The van der Waals surface area contributed by atoms with E-state index >= 15 is 0 Å². The molecule has 1 aliphatic heterocycles. The monoisotopic (exact) mass is 277 g/mol. The molecule has 3 rings (SSSR count). The number of rotatable bonds is 3. The highest BCUT2D eigenvalue weighted by atomic mass is 35.5. The summed E-state index contributed by atoms with van der Waals surface area (Å²) in [4.78, 5) is 0. The minimum absolute atomic E-state index is 0.0862. The van der Waals surface area contributed by atoms with Gasteiger partial charge in [0.2, 0.25) is 0 Å². The Labute approximate surface area is 117 Å². The van der Waals surface area contributed by atoms with Gasteiger partial charge in [0.15, 0.2) is 0 Å². The summed E-state index contributed by atoms with van der Waals surface area (Å²) >= 11 is 6.19. The molecule has 2 heterocycles. The van der Waals surface area contributed by atoms with Gasteiger partial charge in [-0.3, -0.25) is 4.68 Å². The van der Waals surface area contributed by atoms with Crippen LogP contribution in [0.4, 0.5) is 0 Å². The van der Waals surface area contributed by atoms with E-state index in [4.69, 9.17) is 22.1 Å². The Morgan fingerprint density at radius 1 is 1.53 bits per heavy atom. The predicted octanol–water partition coefficient (Wildman–Crippen LogP) is 2.56. The standard InChI is InChI=1S/C14H16ClN3O/c1-2-18-14(10(15)8-17-18)13(16)12-7-9-5-3-4-6-11(9)19-12/h3-6,8,12-13H,2,7,16H2,1H3. The zero-order valence-corrected chi connectivity index (χ0v) is 11.5. The number of para-hydroxylation sites is 1. The molecule has 1 aromatic carbocycles. The summed E-state index contributed by atoms with van der Waals surface area (Å²) in [5.41, 5.74) is 8.38. The van der Waals surface area contributed by atoms with E-state index in [9.17, 15) is 0 Å². The van der Waals surface area contributed by atoms with E-state index in [-0.39, 0.29) is 12.1 Å². The lowest BCUT2D eigenvalue weighted by Crippen LogP contribution is -2.32. The zero-order valence-electron chi connectivity index (χ0n) is 10.7. The Bertz CT molecular complexity index is 571. The molecule has 2 atom stereocenters. The molecular weight excluding hydrogens is 262 g/mol. The van der Waals surface area contributed by atoms with Crippen molar-refractivity contribution in [2.45, 2.75) is 32.0 Å². The number of aryl methyl sites for hydroxylation is 1. The summed E-state index contributed by atoms with van der Waals surface area (Å²) in [7, 11) is 0. The van der Waals surface area contributed by atoms with Crippen LogP contribution in [0.5, 0.6) is 5.75 Å². The number of fused-ring (bicyclic) bond motifs is 1. The molecular formula is C14H16ClN3O.